The van der Waals surface area contributed by atoms with Gasteiger partial charge in [0.1, 0.15) is 5.82 Å². The van der Waals surface area contributed by atoms with Crippen LogP contribution in [0.5, 0.6) is 0 Å². The SMILES string of the molecule is CCN(CC(=O)O)C1CCN(Cc2cc(F)ccc2C)CC1. The van der Waals surface area contributed by atoms with Gasteiger partial charge in [0.15, 0.2) is 0 Å². The largest absolute Gasteiger partial charge is 0.480 e. The molecule has 0 bridgehead atoms. The Labute approximate surface area is 131 Å². The fourth-order valence-corrected chi connectivity index (χ4v) is 3.17. The number of carbonyl (C=O) groups is 1. The van der Waals surface area contributed by atoms with Gasteiger partial charge < -0.3 is 5.11 Å². The molecule has 4 nitrogen and oxygen atoms in total. The van der Waals surface area contributed by atoms with Crippen LogP contribution in [0.15, 0.2) is 18.2 Å². The summed E-state index contributed by atoms with van der Waals surface area (Å²) in [6.45, 7) is 7.51. The Morgan fingerprint density at radius 3 is 2.68 bits per heavy atom. The molecule has 5 heteroatoms. The number of nitrogens with zero attached hydrogens (tertiary/aromatic N) is 2. The monoisotopic (exact) mass is 308 g/mol. The summed E-state index contributed by atoms with van der Waals surface area (Å²) in [4.78, 5) is 15.3. The summed E-state index contributed by atoms with van der Waals surface area (Å²) in [5, 5.41) is 8.96. The van der Waals surface area contributed by atoms with Crippen LogP contribution in [-0.2, 0) is 11.3 Å². The number of rotatable bonds is 6. The topological polar surface area (TPSA) is 43.8 Å². The molecule has 1 aliphatic heterocycles. The van der Waals surface area contributed by atoms with Crippen molar-refractivity contribution < 1.29 is 14.3 Å². The number of likely N-dealkylation sites (tertiary alicyclic amines) is 1. The van der Waals surface area contributed by atoms with Crippen LogP contribution in [0.4, 0.5) is 4.39 Å². The van der Waals surface area contributed by atoms with Crippen molar-refractivity contribution in [1.29, 1.82) is 0 Å². The van der Waals surface area contributed by atoms with Crippen molar-refractivity contribution in [3.05, 3.63) is 35.1 Å². The first-order valence-corrected chi connectivity index (χ1v) is 7.92. The lowest BCUT2D eigenvalue weighted by molar-refractivity contribution is -0.139. The molecule has 2 rings (SSSR count). The highest BCUT2D eigenvalue weighted by atomic mass is 19.1. The second-order valence-corrected chi connectivity index (χ2v) is 6.03. The summed E-state index contributed by atoms with van der Waals surface area (Å²) in [7, 11) is 0. The van der Waals surface area contributed by atoms with Gasteiger partial charge in [0.05, 0.1) is 6.54 Å². The van der Waals surface area contributed by atoms with E-state index in [1.807, 2.05) is 24.8 Å². The van der Waals surface area contributed by atoms with Crippen molar-refractivity contribution in [3.63, 3.8) is 0 Å². The van der Waals surface area contributed by atoms with Gasteiger partial charge in [0.2, 0.25) is 0 Å². The third-order valence-corrected chi connectivity index (χ3v) is 4.52. The van der Waals surface area contributed by atoms with Gasteiger partial charge in [0, 0.05) is 12.6 Å². The number of halogens is 1. The molecule has 122 valence electrons. The van der Waals surface area contributed by atoms with E-state index in [1.54, 1.807) is 6.07 Å². The van der Waals surface area contributed by atoms with Crippen molar-refractivity contribution in [3.8, 4) is 0 Å². The van der Waals surface area contributed by atoms with Gasteiger partial charge in [-0.25, -0.2) is 4.39 Å². The second kappa shape index (κ2) is 7.70. The van der Waals surface area contributed by atoms with E-state index in [1.165, 1.54) is 6.07 Å². The van der Waals surface area contributed by atoms with Crippen LogP contribution in [0.25, 0.3) is 0 Å². The second-order valence-electron chi connectivity index (χ2n) is 6.03. The Bertz CT molecular complexity index is 513. The van der Waals surface area contributed by atoms with E-state index in [9.17, 15) is 9.18 Å². The van der Waals surface area contributed by atoms with Gasteiger partial charge in [0.25, 0.3) is 0 Å². The van der Waals surface area contributed by atoms with Gasteiger partial charge in [-0.1, -0.05) is 13.0 Å². The molecule has 1 saturated heterocycles. The maximum absolute atomic E-state index is 13.4. The molecule has 0 spiro atoms. The Balaban J connectivity index is 1.89. The van der Waals surface area contributed by atoms with Crippen molar-refractivity contribution in [1.82, 2.24) is 9.80 Å². The summed E-state index contributed by atoms with van der Waals surface area (Å²) >= 11 is 0. The number of piperidine rings is 1. The van der Waals surface area contributed by atoms with Crippen molar-refractivity contribution in [2.75, 3.05) is 26.2 Å². The highest BCUT2D eigenvalue weighted by Gasteiger charge is 2.25. The Morgan fingerprint density at radius 2 is 2.09 bits per heavy atom. The molecule has 1 aromatic carbocycles. The minimum absolute atomic E-state index is 0.115. The van der Waals surface area contributed by atoms with E-state index in [4.69, 9.17) is 5.11 Å². The maximum atomic E-state index is 13.4. The molecule has 0 atom stereocenters. The number of aryl methyl sites for hydroxylation is 1. The third kappa shape index (κ3) is 4.52. The number of likely N-dealkylation sites (N-methyl/N-ethyl adjacent to an activating group) is 1. The highest BCUT2D eigenvalue weighted by molar-refractivity contribution is 5.69. The highest BCUT2D eigenvalue weighted by Crippen LogP contribution is 2.20. The van der Waals surface area contributed by atoms with Crippen LogP contribution in [0.1, 0.15) is 30.9 Å². The zero-order valence-electron chi connectivity index (χ0n) is 13.4. The predicted molar refractivity (Wildman–Crippen MR) is 84.3 cm³/mol. The number of hydrogen-bond acceptors (Lipinski definition) is 3. The smallest absolute Gasteiger partial charge is 0.317 e. The van der Waals surface area contributed by atoms with Gasteiger partial charge in [-0.15, -0.1) is 0 Å². The maximum Gasteiger partial charge on any atom is 0.317 e. The first kappa shape index (κ1) is 16.9. The van der Waals surface area contributed by atoms with Crippen LogP contribution in [-0.4, -0.2) is 53.1 Å². The molecular weight excluding hydrogens is 283 g/mol. The zero-order valence-corrected chi connectivity index (χ0v) is 13.4. The number of carboxylic acid groups (broad SMARTS) is 1. The average molecular weight is 308 g/mol. The summed E-state index contributed by atoms with van der Waals surface area (Å²) in [5.74, 6) is -0.950. The third-order valence-electron chi connectivity index (χ3n) is 4.52. The quantitative estimate of drug-likeness (QED) is 0.877. The van der Waals surface area contributed by atoms with Gasteiger partial charge in [-0.2, -0.15) is 0 Å². The van der Waals surface area contributed by atoms with Crippen molar-refractivity contribution in [2.24, 2.45) is 0 Å². The van der Waals surface area contributed by atoms with E-state index < -0.39 is 5.97 Å². The summed E-state index contributed by atoms with van der Waals surface area (Å²) in [6.07, 6.45) is 1.94. The van der Waals surface area contributed by atoms with Crippen LogP contribution >= 0.6 is 0 Å². The van der Waals surface area contributed by atoms with Gasteiger partial charge >= 0.3 is 5.97 Å². The number of hydrogen-bond donors (Lipinski definition) is 1. The van der Waals surface area contributed by atoms with E-state index in [0.717, 1.165) is 50.1 Å². The molecule has 0 saturated carbocycles. The van der Waals surface area contributed by atoms with E-state index in [2.05, 4.69) is 4.90 Å². The summed E-state index contributed by atoms with van der Waals surface area (Å²) < 4.78 is 13.4. The normalized spacial score (nSPS) is 17.1. The van der Waals surface area contributed by atoms with Crippen LogP contribution in [0.2, 0.25) is 0 Å². The molecule has 0 aliphatic carbocycles. The molecule has 1 fully saturated rings. The van der Waals surface area contributed by atoms with Crippen LogP contribution < -0.4 is 0 Å². The first-order chi connectivity index (χ1) is 10.5. The van der Waals surface area contributed by atoms with E-state index >= 15 is 0 Å². The molecule has 1 aromatic rings. The van der Waals surface area contributed by atoms with E-state index in [0.29, 0.717) is 6.04 Å². The molecule has 0 aromatic heterocycles. The fourth-order valence-electron chi connectivity index (χ4n) is 3.17. The van der Waals surface area contributed by atoms with Crippen LogP contribution in [0.3, 0.4) is 0 Å². The minimum Gasteiger partial charge on any atom is -0.480 e. The Kier molecular flexibility index (Phi) is 5.91. The molecule has 0 amide bonds. The zero-order chi connectivity index (χ0) is 16.1. The van der Waals surface area contributed by atoms with Crippen LogP contribution in [0, 0.1) is 12.7 Å². The summed E-state index contributed by atoms with van der Waals surface area (Å²) in [5.41, 5.74) is 2.15. The molecular formula is C17H25FN2O2. The minimum atomic E-state index is -0.764. The lowest BCUT2D eigenvalue weighted by atomic mass is 10.0. The first-order valence-electron chi connectivity index (χ1n) is 7.92. The molecule has 1 N–H and O–H groups in total. The molecule has 0 radical (unpaired) electrons. The van der Waals surface area contributed by atoms with Crippen molar-refractivity contribution in [2.45, 2.75) is 39.3 Å². The Hall–Kier alpha value is -1.46. The molecule has 1 aliphatic rings. The number of aliphatic carboxylic acids is 1. The van der Waals surface area contributed by atoms with Gasteiger partial charge in [-0.05, 0) is 62.7 Å². The molecule has 1 heterocycles. The Morgan fingerprint density at radius 1 is 1.41 bits per heavy atom. The number of carboxylic acids is 1. The van der Waals surface area contributed by atoms with Gasteiger partial charge in [-0.3, -0.25) is 14.6 Å². The predicted octanol–water partition coefficient (Wildman–Crippen LogP) is 2.51. The van der Waals surface area contributed by atoms with Crippen molar-refractivity contribution >= 4 is 5.97 Å². The standard InChI is InChI=1S/C17H25FN2O2/c1-3-20(12-17(21)22)16-6-8-19(9-7-16)11-14-10-15(18)5-4-13(14)2/h4-5,10,16H,3,6-9,11-12H2,1-2H3,(H,21,22). The number of benzene rings is 1. The lowest BCUT2D eigenvalue weighted by Gasteiger charge is -2.37. The lowest BCUT2D eigenvalue weighted by Crippen LogP contribution is -2.46. The molecule has 0 unspecified atom stereocenters. The fraction of sp³-hybridized carbons (Fsp3) is 0.588. The summed E-state index contributed by atoms with van der Waals surface area (Å²) in [6, 6.07) is 5.27. The average Bonchev–Trinajstić information content (AvgIpc) is 2.49. The van der Waals surface area contributed by atoms with E-state index in [-0.39, 0.29) is 12.4 Å². The molecule has 22 heavy (non-hydrogen) atoms.